The van der Waals surface area contributed by atoms with Gasteiger partial charge in [-0.2, -0.15) is 0 Å². The topological polar surface area (TPSA) is 164 Å². The molecule has 1 saturated carbocycles. The van der Waals surface area contributed by atoms with Crippen LogP contribution in [0.1, 0.15) is 44.1 Å². The van der Waals surface area contributed by atoms with E-state index >= 15 is 0 Å². The van der Waals surface area contributed by atoms with Gasteiger partial charge in [-0.3, -0.25) is 9.59 Å². The van der Waals surface area contributed by atoms with Crippen LogP contribution >= 0.6 is 0 Å². The SMILES string of the molecule is NC(=O)CCC(N)C(=O)O.O=C(O)C(O)(c1ccccc1)C1CCCC1. The van der Waals surface area contributed by atoms with Crippen molar-refractivity contribution in [3.63, 3.8) is 0 Å². The second kappa shape index (κ2) is 9.88. The Morgan fingerprint density at radius 3 is 2.08 bits per heavy atom. The van der Waals surface area contributed by atoms with E-state index in [9.17, 15) is 24.6 Å². The van der Waals surface area contributed by atoms with Crippen molar-refractivity contribution < 1.29 is 29.7 Å². The van der Waals surface area contributed by atoms with Crippen LogP contribution < -0.4 is 11.5 Å². The van der Waals surface area contributed by atoms with E-state index in [1.165, 1.54) is 0 Å². The standard InChI is InChI=1S/C13H16O3.C5H10N2O3/c14-12(15)13(16,11-8-4-5-9-11)10-6-2-1-3-7-10;6-3(5(9)10)1-2-4(7)8/h1-3,6-7,11,16H,4-5,8-9H2,(H,14,15);3H,1-2,6H2,(H2,7,8)(H,9,10). The highest BCUT2D eigenvalue weighted by Gasteiger charge is 2.46. The molecule has 2 rings (SSSR count). The molecule has 1 aliphatic rings. The minimum Gasteiger partial charge on any atom is -0.480 e. The molecule has 144 valence electrons. The van der Waals surface area contributed by atoms with Crippen LogP contribution in [0.5, 0.6) is 0 Å². The summed E-state index contributed by atoms with van der Waals surface area (Å²) >= 11 is 0. The number of aliphatic hydroxyl groups is 1. The van der Waals surface area contributed by atoms with Crippen LogP contribution in [0.4, 0.5) is 0 Å². The summed E-state index contributed by atoms with van der Waals surface area (Å²) in [6.07, 6.45) is 3.72. The Kier molecular flexibility index (Phi) is 8.21. The van der Waals surface area contributed by atoms with Crippen molar-refractivity contribution in [2.24, 2.45) is 17.4 Å². The second-order valence-corrected chi connectivity index (χ2v) is 6.37. The van der Waals surface area contributed by atoms with E-state index in [4.69, 9.17) is 16.6 Å². The summed E-state index contributed by atoms with van der Waals surface area (Å²) in [5.74, 6) is -2.93. The first-order chi connectivity index (χ1) is 12.2. The predicted molar refractivity (Wildman–Crippen MR) is 94.0 cm³/mol. The van der Waals surface area contributed by atoms with Crippen LogP contribution in [0, 0.1) is 5.92 Å². The predicted octanol–water partition coefficient (Wildman–Crippen LogP) is 0.813. The minimum atomic E-state index is -1.71. The Hall–Kier alpha value is -2.45. The van der Waals surface area contributed by atoms with Gasteiger partial charge in [0.2, 0.25) is 5.91 Å². The quantitative estimate of drug-likeness (QED) is 0.476. The number of amides is 1. The van der Waals surface area contributed by atoms with Crippen molar-refractivity contribution in [2.45, 2.75) is 50.2 Å². The Balaban J connectivity index is 0.000000294. The highest BCUT2D eigenvalue weighted by molar-refractivity contribution is 5.79. The fraction of sp³-hybridized carbons (Fsp3) is 0.500. The summed E-state index contributed by atoms with van der Waals surface area (Å²) in [5.41, 5.74) is 8.60. The normalized spacial score (nSPS) is 17.5. The van der Waals surface area contributed by atoms with Crippen molar-refractivity contribution in [3.05, 3.63) is 35.9 Å². The molecule has 0 spiro atoms. The first kappa shape index (κ1) is 21.6. The van der Waals surface area contributed by atoms with Crippen LogP contribution in [0.25, 0.3) is 0 Å². The lowest BCUT2D eigenvalue weighted by atomic mass is 9.80. The van der Waals surface area contributed by atoms with Gasteiger partial charge in [0, 0.05) is 12.3 Å². The number of carboxylic acids is 2. The number of aliphatic carboxylic acids is 2. The molecule has 1 aliphatic carbocycles. The van der Waals surface area contributed by atoms with Gasteiger partial charge in [-0.25, -0.2) is 4.79 Å². The molecule has 1 aromatic carbocycles. The third-order valence-electron chi connectivity index (χ3n) is 4.50. The van der Waals surface area contributed by atoms with Gasteiger partial charge in [-0.1, -0.05) is 43.2 Å². The van der Waals surface area contributed by atoms with Gasteiger partial charge < -0.3 is 26.8 Å². The molecule has 7 N–H and O–H groups in total. The Morgan fingerprint density at radius 1 is 1.12 bits per heavy atom. The fourth-order valence-electron chi connectivity index (χ4n) is 2.99. The average Bonchev–Trinajstić information content (AvgIpc) is 3.15. The average molecular weight is 366 g/mol. The minimum absolute atomic E-state index is 0.0213. The zero-order valence-electron chi connectivity index (χ0n) is 14.5. The summed E-state index contributed by atoms with van der Waals surface area (Å²) < 4.78 is 0. The van der Waals surface area contributed by atoms with Gasteiger partial charge in [0.05, 0.1) is 0 Å². The molecule has 8 nitrogen and oxygen atoms in total. The summed E-state index contributed by atoms with van der Waals surface area (Å²) in [7, 11) is 0. The number of nitrogens with two attached hydrogens (primary N) is 2. The lowest BCUT2D eigenvalue weighted by Gasteiger charge is -2.30. The first-order valence-electron chi connectivity index (χ1n) is 8.47. The fourth-order valence-corrected chi connectivity index (χ4v) is 2.99. The summed E-state index contributed by atoms with van der Waals surface area (Å²) in [6, 6.07) is 7.74. The van der Waals surface area contributed by atoms with E-state index in [1.807, 2.05) is 6.07 Å². The molecular formula is C18H26N2O6. The third-order valence-corrected chi connectivity index (χ3v) is 4.50. The maximum absolute atomic E-state index is 11.4. The molecule has 0 bridgehead atoms. The number of primary amides is 1. The van der Waals surface area contributed by atoms with Gasteiger partial charge >= 0.3 is 11.9 Å². The van der Waals surface area contributed by atoms with E-state index in [0.29, 0.717) is 5.56 Å². The molecule has 8 heteroatoms. The van der Waals surface area contributed by atoms with Gasteiger partial charge in [-0.05, 0) is 24.8 Å². The molecule has 0 aliphatic heterocycles. The van der Waals surface area contributed by atoms with Crippen LogP contribution in [-0.2, 0) is 20.0 Å². The molecule has 1 aromatic rings. The van der Waals surface area contributed by atoms with Crippen LogP contribution in [0.3, 0.4) is 0 Å². The molecule has 0 radical (unpaired) electrons. The number of carbonyl (C=O) groups is 3. The van der Waals surface area contributed by atoms with Crippen molar-refractivity contribution in [1.82, 2.24) is 0 Å². The van der Waals surface area contributed by atoms with Crippen molar-refractivity contribution in [2.75, 3.05) is 0 Å². The van der Waals surface area contributed by atoms with E-state index in [2.05, 4.69) is 0 Å². The van der Waals surface area contributed by atoms with E-state index in [1.54, 1.807) is 24.3 Å². The lowest BCUT2D eigenvalue weighted by molar-refractivity contribution is -0.166. The maximum Gasteiger partial charge on any atom is 0.340 e. The molecule has 0 heterocycles. The molecular weight excluding hydrogens is 340 g/mol. The molecule has 0 saturated heterocycles. The summed E-state index contributed by atoms with van der Waals surface area (Å²) in [5, 5.41) is 28.0. The van der Waals surface area contributed by atoms with Gasteiger partial charge in [-0.15, -0.1) is 0 Å². The number of rotatable bonds is 7. The van der Waals surface area contributed by atoms with E-state index in [0.717, 1.165) is 25.7 Å². The highest BCUT2D eigenvalue weighted by Crippen LogP contribution is 2.40. The summed E-state index contributed by atoms with van der Waals surface area (Å²) in [4.78, 5) is 31.5. The number of hydrogen-bond donors (Lipinski definition) is 5. The van der Waals surface area contributed by atoms with Crippen molar-refractivity contribution in [3.8, 4) is 0 Å². The first-order valence-corrected chi connectivity index (χ1v) is 8.47. The zero-order chi connectivity index (χ0) is 19.7. The summed E-state index contributed by atoms with van der Waals surface area (Å²) in [6.45, 7) is 0. The Labute approximate surface area is 151 Å². The number of hydrogen-bond acceptors (Lipinski definition) is 5. The number of carbonyl (C=O) groups excluding carboxylic acids is 1. The molecule has 2 atom stereocenters. The molecule has 26 heavy (non-hydrogen) atoms. The Bertz CT molecular complexity index is 615. The second-order valence-electron chi connectivity index (χ2n) is 6.37. The zero-order valence-corrected chi connectivity index (χ0v) is 14.5. The van der Waals surface area contributed by atoms with Gasteiger partial charge in [0.1, 0.15) is 6.04 Å². The molecule has 1 amide bonds. The smallest absolute Gasteiger partial charge is 0.340 e. The molecule has 2 unspecified atom stereocenters. The van der Waals surface area contributed by atoms with Crippen molar-refractivity contribution >= 4 is 17.8 Å². The van der Waals surface area contributed by atoms with E-state index < -0.39 is 29.5 Å². The monoisotopic (exact) mass is 366 g/mol. The largest absolute Gasteiger partial charge is 0.480 e. The van der Waals surface area contributed by atoms with Crippen molar-refractivity contribution in [1.29, 1.82) is 0 Å². The lowest BCUT2D eigenvalue weighted by Crippen LogP contribution is -2.42. The van der Waals surface area contributed by atoms with E-state index in [-0.39, 0.29) is 18.8 Å². The van der Waals surface area contributed by atoms with Gasteiger partial charge in [0.25, 0.3) is 0 Å². The molecule has 1 fully saturated rings. The highest BCUT2D eigenvalue weighted by atomic mass is 16.4. The third kappa shape index (κ3) is 5.82. The van der Waals surface area contributed by atoms with Crippen LogP contribution in [0.2, 0.25) is 0 Å². The van der Waals surface area contributed by atoms with Crippen LogP contribution in [-0.4, -0.2) is 39.2 Å². The maximum atomic E-state index is 11.4. The Morgan fingerprint density at radius 2 is 1.65 bits per heavy atom. The number of benzene rings is 1. The van der Waals surface area contributed by atoms with Crippen LogP contribution in [0.15, 0.2) is 30.3 Å². The number of carboxylic acid groups (broad SMARTS) is 2. The van der Waals surface area contributed by atoms with Gasteiger partial charge in [0.15, 0.2) is 5.60 Å². The molecule has 0 aromatic heterocycles.